The van der Waals surface area contributed by atoms with E-state index in [0.717, 1.165) is 19.3 Å². The van der Waals surface area contributed by atoms with Gasteiger partial charge in [-0.1, -0.05) is 83.3 Å². The highest BCUT2D eigenvalue weighted by molar-refractivity contribution is 4.96. The number of ether oxygens (including phenoxy) is 4. The third kappa shape index (κ3) is 12.5. The van der Waals surface area contributed by atoms with Crippen molar-refractivity contribution in [1.82, 2.24) is 0 Å². The van der Waals surface area contributed by atoms with Crippen molar-refractivity contribution in [2.45, 2.75) is 158 Å². The fraction of sp³-hybridized carbons (Fsp3) is 0.933. The minimum absolute atomic E-state index is 0.227. The van der Waals surface area contributed by atoms with Gasteiger partial charge in [0.05, 0.1) is 32.0 Å². The van der Waals surface area contributed by atoms with Crippen molar-refractivity contribution in [3.8, 4) is 0 Å². The first-order chi connectivity index (χ1) is 20.7. The van der Waals surface area contributed by atoms with Gasteiger partial charge in [-0.05, 0) is 12.8 Å². The first-order valence-electron chi connectivity index (χ1n) is 16.0. The molecule has 0 aromatic heterocycles. The number of aliphatic hydroxyl groups is 8. The number of rotatable bonds is 21. The lowest BCUT2D eigenvalue weighted by molar-refractivity contribution is -0.359. The Labute approximate surface area is 255 Å². The molecule has 2 heterocycles. The van der Waals surface area contributed by atoms with E-state index in [2.05, 4.69) is 6.92 Å². The fourth-order valence-corrected chi connectivity index (χ4v) is 5.30. The van der Waals surface area contributed by atoms with Crippen LogP contribution in [0.5, 0.6) is 0 Å². The summed E-state index contributed by atoms with van der Waals surface area (Å²) in [5, 5.41) is 81.0. The average Bonchev–Trinajstić information content (AvgIpc) is 3.01. The van der Waals surface area contributed by atoms with Gasteiger partial charge in [-0.2, -0.15) is 0 Å². The molecule has 13 nitrogen and oxygen atoms in total. The lowest BCUT2D eigenvalue weighted by Gasteiger charge is -2.46. The van der Waals surface area contributed by atoms with Crippen molar-refractivity contribution in [1.29, 1.82) is 0 Å². The van der Waals surface area contributed by atoms with Gasteiger partial charge >= 0.3 is 0 Å². The summed E-state index contributed by atoms with van der Waals surface area (Å²) >= 11 is 0. The van der Waals surface area contributed by atoms with E-state index >= 15 is 0 Å². The molecule has 13 heteroatoms. The molecule has 0 amide bonds. The maximum atomic E-state index is 10.7. The summed E-state index contributed by atoms with van der Waals surface area (Å²) in [7, 11) is 0. The molecular formula is C30H57NO12. The predicted molar refractivity (Wildman–Crippen MR) is 157 cm³/mol. The number of allylic oxidation sites excluding steroid dienone is 1. The Morgan fingerprint density at radius 2 is 1.23 bits per heavy atom. The largest absolute Gasteiger partial charge is 0.394 e. The molecule has 0 radical (unpaired) electrons. The van der Waals surface area contributed by atoms with Gasteiger partial charge in [-0.15, -0.1) is 0 Å². The lowest BCUT2D eigenvalue weighted by Crippen LogP contribution is -2.64. The van der Waals surface area contributed by atoms with Crippen LogP contribution in [0.15, 0.2) is 12.2 Å². The second-order valence-electron chi connectivity index (χ2n) is 11.7. The molecule has 0 spiro atoms. The Hall–Kier alpha value is -0.780. The molecule has 2 aliphatic rings. The highest BCUT2D eigenvalue weighted by atomic mass is 16.7. The fourth-order valence-electron chi connectivity index (χ4n) is 5.30. The van der Waals surface area contributed by atoms with Gasteiger partial charge < -0.3 is 65.5 Å². The third-order valence-electron chi connectivity index (χ3n) is 8.16. The van der Waals surface area contributed by atoms with Gasteiger partial charge in [0.2, 0.25) is 0 Å². The third-order valence-corrected chi connectivity index (χ3v) is 8.16. The Balaban J connectivity index is 1.70. The Morgan fingerprint density at radius 1 is 0.698 bits per heavy atom. The van der Waals surface area contributed by atoms with E-state index in [4.69, 9.17) is 24.7 Å². The molecule has 10 unspecified atom stereocenters. The molecule has 10 N–H and O–H groups in total. The number of hydrogen-bond donors (Lipinski definition) is 9. The van der Waals surface area contributed by atoms with E-state index in [1.165, 1.54) is 57.8 Å². The molecule has 12 atom stereocenters. The molecule has 0 bridgehead atoms. The molecular weight excluding hydrogens is 566 g/mol. The van der Waals surface area contributed by atoms with Crippen molar-refractivity contribution in [3.05, 3.63) is 12.2 Å². The quantitative estimate of drug-likeness (QED) is 0.0585. The lowest BCUT2D eigenvalue weighted by atomic mass is 9.97. The minimum Gasteiger partial charge on any atom is -0.394 e. The van der Waals surface area contributed by atoms with Gasteiger partial charge in [0.15, 0.2) is 12.6 Å². The molecule has 0 aromatic rings. The van der Waals surface area contributed by atoms with Crippen molar-refractivity contribution in [3.63, 3.8) is 0 Å². The van der Waals surface area contributed by atoms with Crippen LogP contribution >= 0.6 is 0 Å². The molecule has 2 saturated heterocycles. The zero-order chi connectivity index (χ0) is 31.8. The molecule has 254 valence electrons. The van der Waals surface area contributed by atoms with E-state index < -0.39 is 86.8 Å². The van der Waals surface area contributed by atoms with Crippen LogP contribution in [0, 0.1) is 0 Å². The number of hydrogen-bond acceptors (Lipinski definition) is 13. The van der Waals surface area contributed by atoms with Gasteiger partial charge in [0, 0.05) is 0 Å². The molecule has 2 aliphatic heterocycles. The van der Waals surface area contributed by atoms with Crippen LogP contribution in [-0.2, 0) is 18.9 Å². The van der Waals surface area contributed by atoms with Crippen molar-refractivity contribution in [2.75, 3.05) is 19.8 Å². The predicted octanol–water partition coefficient (Wildman–Crippen LogP) is -0.427. The molecule has 2 rings (SSSR count). The SMILES string of the molecule is CCCCCCCCCCCCC/C=C/[C@@H](O)[C@@H](N)COC1OC(CO)C(OC2OC(CO)C(O)C(O)C2O)C(O)C1O. The summed E-state index contributed by atoms with van der Waals surface area (Å²) in [5.74, 6) is 0. The molecule has 43 heavy (non-hydrogen) atoms. The van der Waals surface area contributed by atoms with E-state index in [0.29, 0.717) is 0 Å². The van der Waals surface area contributed by atoms with Crippen LogP contribution in [0.3, 0.4) is 0 Å². The Bertz CT molecular complexity index is 744. The monoisotopic (exact) mass is 623 g/mol. The van der Waals surface area contributed by atoms with Gasteiger partial charge in [0.1, 0.15) is 48.8 Å². The average molecular weight is 624 g/mol. The first-order valence-corrected chi connectivity index (χ1v) is 16.0. The first kappa shape index (κ1) is 38.4. The zero-order valence-corrected chi connectivity index (χ0v) is 25.5. The number of unbranched alkanes of at least 4 members (excludes halogenated alkanes) is 11. The summed E-state index contributed by atoms with van der Waals surface area (Å²) in [6.07, 6.45) is 1.80. The van der Waals surface area contributed by atoms with E-state index in [-0.39, 0.29) is 6.61 Å². The van der Waals surface area contributed by atoms with Gasteiger partial charge in [-0.25, -0.2) is 0 Å². The van der Waals surface area contributed by atoms with Crippen LogP contribution in [0.2, 0.25) is 0 Å². The van der Waals surface area contributed by atoms with Crippen molar-refractivity contribution >= 4 is 0 Å². The van der Waals surface area contributed by atoms with Crippen molar-refractivity contribution in [2.24, 2.45) is 5.73 Å². The summed E-state index contributed by atoms with van der Waals surface area (Å²) in [4.78, 5) is 0. The van der Waals surface area contributed by atoms with E-state index in [9.17, 15) is 40.9 Å². The van der Waals surface area contributed by atoms with Crippen molar-refractivity contribution < 1.29 is 59.8 Å². The van der Waals surface area contributed by atoms with Gasteiger partial charge in [0.25, 0.3) is 0 Å². The normalized spacial score (nSPS) is 34.9. The van der Waals surface area contributed by atoms with Crippen LogP contribution in [0.25, 0.3) is 0 Å². The topological polar surface area (TPSA) is 225 Å². The summed E-state index contributed by atoms with van der Waals surface area (Å²) in [6, 6.07) is -0.850. The Morgan fingerprint density at radius 3 is 1.81 bits per heavy atom. The highest BCUT2D eigenvalue weighted by Crippen LogP contribution is 2.29. The second-order valence-corrected chi connectivity index (χ2v) is 11.7. The number of nitrogens with two attached hydrogens (primary N) is 1. The zero-order valence-electron chi connectivity index (χ0n) is 25.5. The minimum atomic E-state index is -1.75. The van der Waals surface area contributed by atoms with E-state index in [1.54, 1.807) is 6.08 Å². The van der Waals surface area contributed by atoms with E-state index in [1.807, 2.05) is 6.08 Å². The summed E-state index contributed by atoms with van der Waals surface area (Å²) in [6.45, 7) is 0.641. The summed E-state index contributed by atoms with van der Waals surface area (Å²) in [5.41, 5.74) is 6.04. The molecule has 2 fully saturated rings. The van der Waals surface area contributed by atoms with Crippen LogP contribution in [-0.4, -0.2) is 134 Å². The van der Waals surface area contributed by atoms with Gasteiger partial charge in [-0.3, -0.25) is 0 Å². The maximum absolute atomic E-state index is 10.7. The number of aliphatic hydroxyl groups excluding tert-OH is 8. The van der Waals surface area contributed by atoms with Crippen LogP contribution < -0.4 is 5.73 Å². The van der Waals surface area contributed by atoms with Crippen LogP contribution in [0.4, 0.5) is 0 Å². The molecule has 0 saturated carbocycles. The highest BCUT2D eigenvalue weighted by Gasteiger charge is 2.50. The summed E-state index contributed by atoms with van der Waals surface area (Å²) < 4.78 is 21.9. The molecule has 0 aliphatic carbocycles. The standard InChI is InChI=1S/C30H57NO12/c1-2-3-4-5-6-7-8-9-10-11-12-13-14-15-20(34)19(31)18-40-29-27(39)25(37)28(22(17-33)42-29)43-30-26(38)24(36)23(35)21(16-32)41-30/h14-15,19-30,32-39H,2-13,16-18,31H2,1H3/b15-14+/t19-,20+,21?,22?,23?,24?,25?,26?,27?,28?,29?,30?/m0/s1. The smallest absolute Gasteiger partial charge is 0.187 e. The van der Waals surface area contributed by atoms with Crippen LogP contribution in [0.1, 0.15) is 84.0 Å². The Kier molecular flexibility index (Phi) is 18.8. The molecule has 0 aromatic carbocycles. The maximum Gasteiger partial charge on any atom is 0.187 e. The second kappa shape index (κ2) is 21.1.